The lowest BCUT2D eigenvalue weighted by Gasteiger charge is -2.21. The summed E-state index contributed by atoms with van der Waals surface area (Å²) >= 11 is 0. The van der Waals surface area contributed by atoms with Crippen LogP contribution in [0, 0.1) is 5.92 Å². The lowest BCUT2D eigenvalue weighted by Crippen LogP contribution is -2.46. The van der Waals surface area contributed by atoms with Crippen molar-refractivity contribution in [1.82, 2.24) is 13.9 Å². The average Bonchev–Trinajstić information content (AvgIpc) is 2.88. The number of nitrogens with zero attached hydrogens (tertiary/aromatic N) is 2. The third-order valence-corrected chi connectivity index (χ3v) is 5.49. The van der Waals surface area contributed by atoms with E-state index in [1.807, 2.05) is 0 Å². The van der Waals surface area contributed by atoms with E-state index in [2.05, 4.69) is 23.5 Å². The molecule has 0 bridgehead atoms. The molecule has 0 unspecified atom stereocenters. The number of rotatable bonds is 4. The van der Waals surface area contributed by atoms with Crippen molar-refractivity contribution in [3.8, 4) is 0 Å². The molecule has 0 saturated carbocycles. The number of likely N-dealkylation sites (tertiary alicyclic amines) is 1. The van der Waals surface area contributed by atoms with Crippen molar-refractivity contribution < 1.29 is 8.42 Å². The van der Waals surface area contributed by atoms with E-state index in [1.54, 1.807) is 4.31 Å². The van der Waals surface area contributed by atoms with Crippen LogP contribution in [-0.2, 0) is 10.2 Å². The SMILES string of the molecule is CCN1C[C@@H](C)[C@H](NS(=O)(=O)N2CCCC2)C1. The molecule has 0 radical (unpaired) electrons. The van der Waals surface area contributed by atoms with Crippen LogP contribution < -0.4 is 4.72 Å². The highest BCUT2D eigenvalue weighted by molar-refractivity contribution is 7.87. The molecule has 1 N–H and O–H groups in total. The van der Waals surface area contributed by atoms with E-state index in [0.717, 1.165) is 32.5 Å². The highest BCUT2D eigenvalue weighted by atomic mass is 32.2. The van der Waals surface area contributed by atoms with E-state index in [0.29, 0.717) is 19.0 Å². The smallest absolute Gasteiger partial charge is 0.279 e. The Morgan fingerprint density at radius 1 is 1.24 bits per heavy atom. The molecule has 2 atom stereocenters. The van der Waals surface area contributed by atoms with E-state index >= 15 is 0 Å². The summed E-state index contributed by atoms with van der Waals surface area (Å²) in [7, 11) is -3.25. The largest absolute Gasteiger partial charge is 0.302 e. The number of hydrogen-bond donors (Lipinski definition) is 1. The van der Waals surface area contributed by atoms with E-state index in [1.165, 1.54) is 0 Å². The van der Waals surface area contributed by atoms with Crippen molar-refractivity contribution in [2.75, 3.05) is 32.7 Å². The first-order valence-electron chi connectivity index (χ1n) is 6.52. The third-order valence-electron chi connectivity index (χ3n) is 3.84. The normalized spacial score (nSPS) is 32.4. The highest BCUT2D eigenvalue weighted by Gasteiger charge is 2.34. The first-order valence-corrected chi connectivity index (χ1v) is 7.96. The first-order chi connectivity index (χ1) is 8.03. The van der Waals surface area contributed by atoms with Gasteiger partial charge in [0.2, 0.25) is 0 Å². The molecule has 2 saturated heterocycles. The predicted octanol–water partition coefficient (Wildman–Crippen LogP) is 0.257. The number of hydrogen-bond acceptors (Lipinski definition) is 3. The van der Waals surface area contributed by atoms with Crippen LogP contribution in [0.1, 0.15) is 26.7 Å². The van der Waals surface area contributed by atoms with Crippen molar-refractivity contribution in [3.05, 3.63) is 0 Å². The summed E-state index contributed by atoms with van der Waals surface area (Å²) in [5.74, 6) is 0.396. The Labute approximate surface area is 104 Å². The Balaban J connectivity index is 1.96. The van der Waals surface area contributed by atoms with Crippen molar-refractivity contribution in [2.45, 2.75) is 32.7 Å². The molecule has 2 heterocycles. The molecule has 0 spiro atoms. The van der Waals surface area contributed by atoms with Gasteiger partial charge >= 0.3 is 0 Å². The fourth-order valence-electron chi connectivity index (χ4n) is 2.67. The van der Waals surface area contributed by atoms with Crippen LogP contribution in [-0.4, -0.2) is 56.4 Å². The van der Waals surface area contributed by atoms with Gasteiger partial charge in [0.05, 0.1) is 0 Å². The Morgan fingerprint density at radius 2 is 1.88 bits per heavy atom. The Kier molecular flexibility index (Phi) is 4.07. The van der Waals surface area contributed by atoms with Gasteiger partial charge in [0.15, 0.2) is 0 Å². The van der Waals surface area contributed by atoms with Gasteiger partial charge in [-0.05, 0) is 25.3 Å². The Hall–Kier alpha value is -0.170. The van der Waals surface area contributed by atoms with Crippen LogP contribution in [0.15, 0.2) is 0 Å². The second-order valence-electron chi connectivity index (χ2n) is 5.17. The zero-order valence-corrected chi connectivity index (χ0v) is 11.5. The highest BCUT2D eigenvalue weighted by Crippen LogP contribution is 2.19. The minimum absolute atomic E-state index is 0.0700. The van der Waals surface area contributed by atoms with Gasteiger partial charge in [-0.25, -0.2) is 0 Å². The van der Waals surface area contributed by atoms with E-state index in [9.17, 15) is 8.42 Å². The molecule has 2 fully saturated rings. The lowest BCUT2D eigenvalue weighted by atomic mass is 10.1. The van der Waals surface area contributed by atoms with Crippen LogP contribution in [0.2, 0.25) is 0 Å². The quantitative estimate of drug-likeness (QED) is 0.789. The molecule has 17 heavy (non-hydrogen) atoms. The van der Waals surface area contributed by atoms with Crippen molar-refractivity contribution >= 4 is 10.2 Å². The van der Waals surface area contributed by atoms with Crippen molar-refractivity contribution in [1.29, 1.82) is 0 Å². The zero-order valence-electron chi connectivity index (χ0n) is 10.7. The summed E-state index contributed by atoms with van der Waals surface area (Å²) < 4.78 is 28.7. The molecular formula is C11H23N3O2S. The fourth-order valence-corrected chi connectivity index (χ4v) is 4.25. The summed E-state index contributed by atoms with van der Waals surface area (Å²) in [5.41, 5.74) is 0. The summed E-state index contributed by atoms with van der Waals surface area (Å²) in [6.45, 7) is 8.40. The van der Waals surface area contributed by atoms with Gasteiger partial charge in [-0.3, -0.25) is 0 Å². The maximum absolute atomic E-state index is 12.1. The van der Waals surface area contributed by atoms with E-state index in [4.69, 9.17) is 0 Å². The van der Waals surface area contributed by atoms with Crippen LogP contribution in [0.3, 0.4) is 0 Å². The monoisotopic (exact) mass is 261 g/mol. The third kappa shape index (κ3) is 2.99. The fraction of sp³-hybridized carbons (Fsp3) is 1.00. The van der Waals surface area contributed by atoms with Gasteiger partial charge in [0.25, 0.3) is 10.2 Å². The Bertz CT molecular complexity index is 352. The molecule has 5 nitrogen and oxygen atoms in total. The van der Waals surface area contributed by atoms with Crippen molar-refractivity contribution in [2.24, 2.45) is 5.92 Å². The lowest BCUT2D eigenvalue weighted by molar-refractivity contribution is 0.344. The molecule has 0 amide bonds. The van der Waals surface area contributed by atoms with Gasteiger partial charge in [0.1, 0.15) is 0 Å². The van der Waals surface area contributed by atoms with Crippen LogP contribution in [0.5, 0.6) is 0 Å². The molecule has 2 rings (SSSR count). The molecule has 0 aromatic carbocycles. The minimum atomic E-state index is -3.25. The van der Waals surface area contributed by atoms with Gasteiger partial charge in [0, 0.05) is 32.2 Å². The minimum Gasteiger partial charge on any atom is -0.302 e. The summed E-state index contributed by atoms with van der Waals surface area (Å²) in [6, 6.07) is 0.0700. The summed E-state index contributed by atoms with van der Waals surface area (Å²) in [4.78, 5) is 2.29. The van der Waals surface area contributed by atoms with E-state index in [-0.39, 0.29) is 6.04 Å². The number of likely N-dealkylation sites (N-methyl/N-ethyl adjacent to an activating group) is 1. The second-order valence-corrected chi connectivity index (χ2v) is 6.87. The zero-order chi connectivity index (χ0) is 12.5. The van der Waals surface area contributed by atoms with Gasteiger partial charge < -0.3 is 4.90 Å². The van der Waals surface area contributed by atoms with Gasteiger partial charge in [-0.1, -0.05) is 13.8 Å². The molecule has 0 aliphatic carbocycles. The molecule has 2 aliphatic rings. The van der Waals surface area contributed by atoms with Crippen LogP contribution >= 0.6 is 0 Å². The van der Waals surface area contributed by atoms with Crippen LogP contribution in [0.25, 0.3) is 0 Å². The molecule has 100 valence electrons. The van der Waals surface area contributed by atoms with Crippen LogP contribution in [0.4, 0.5) is 0 Å². The van der Waals surface area contributed by atoms with E-state index < -0.39 is 10.2 Å². The van der Waals surface area contributed by atoms with Gasteiger partial charge in [-0.2, -0.15) is 17.4 Å². The second kappa shape index (κ2) is 5.22. The van der Waals surface area contributed by atoms with Gasteiger partial charge in [-0.15, -0.1) is 0 Å². The van der Waals surface area contributed by atoms with Crippen molar-refractivity contribution in [3.63, 3.8) is 0 Å². The number of nitrogens with one attached hydrogen (secondary N) is 1. The molecule has 2 aliphatic heterocycles. The summed E-state index contributed by atoms with van der Waals surface area (Å²) in [5, 5.41) is 0. The average molecular weight is 261 g/mol. The molecular weight excluding hydrogens is 238 g/mol. The molecule has 0 aromatic heterocycles. The Morgan fingerprint density at radius 3 is 2.41 bits per heavy atom. The maximum Gasteiger partial charge on any atom is 0.279 e. The predicted molar refractivity (Wildman–Crippen MR) is 67.9 cm³/mol. The molecule has 6 heteroatoms. The standard InChI is InChI=1S/C11H23N3O2S/c1-3-13-8-10(2)11(9-13)12-17(15,16)14-6-4-5-7-14/h10-12H,3-9H2,1-2H3/t10-,11-/m1/s1. The maximum atomic E-state index is 12.1. The topological polar surface area (TPSA) is 52.7 Å². The molecule has 0 aromatic rings. The summed E-state index contributed by atoms with van der Waals surface area (Å²) in [6.07, 6.45) is 1.98. The first kappa shape index (κ1) is 13.3.